The number of benzene rings is 2. The Labute approximate surface area is 176 Å². The molecule has 6 nitrogen and oxygen atoms in total. The molecule has 1 heterocycles. The summed E-state index contributed by atoms with van der Waals surface area (Å²) in [5.41, 5.74) is 1.32. The summed E-state index contributed by atoms with van der Waals surface area (Å²) >= 11 is 12.4. The zero-order valence-electron chi connectivity index (χ0n) is 15.6. The highest BCUT2D eigenvalue weighted by molar-refractivity contribution is 6.39. The number of aliphatic carboxylic acids is 1. The Hall–Kier alpha value is -2.96. The van der Waals surface area contributed by atoms with Crippen LogP contribution in [0.3, 0.4) is 0 Å². The molecule has 0 fully saturated rings. The van der Waals surface area contributed by atoms with Gasteiger partial charge in [0.05, 0.1) is 24.3 Å². The normalized spacial score (nSPS) is 11.5. The smallest absolute Gasteiger partial charge is 0.355 e. The van der Waals surface area contributed by atoms with Gasteiger partial charge in [0.25, 0.3) is 0 Å². The van der Waals surface area contributed by atoms with Crippen molar-refractivity contribution in [2.24, 2.45) is 0 Å². The van der Waals surface area contributed by atoms with Crippen LogP contribution in [-0.4, -0.2) is 35.7 Å². The number of carbonyl (C=O) groups excluding carboxylic acids is 1. The number of fused-ring (bicyclic) bond motifs is 1. The number of ether oxygens (including phenoxy) is 2. The largest absolute Gasteiger partial charge is 0.497 e. The maximum Gasteiger partial charge on any atom is 0.355 e. The fourth-order valence-corrected chi connectivity index (χ4v) is 3.56. The number of carbonyl (C=O) groups is 2. The molecule has 0 saturated heterocycles. The van der Waals surface area contributed by atoms with Crippen molar-refractivity contribution in [2.45, 2.75) is 6.92 Å². The summed E-state index contributed by atoms with van der Waals surface area (Å²) in [6.45, 7) is 1.84. The molecule has 150 valence electrons. The molecular formula is C21H17Cl2NO5. The number of aromatic amines is 1. The lowest BCUT2D eigenvalue weighted by atomic mass is 10.0. The van der Waals surface area contributed by atoms with Gasteiger partial charge in [-0.05, 0) is 42.8 Å². The number of carboxylic acids is 1. The first-order valence-corrected chi connectivity index (χ1v) is 9.38. The third-order valence-electron chi connectivity index (χ3n) is 4.25. The van der Waals surface area contributed by atoms with Gasteiger partial charge in [-0.2, -0.15) is 0 Å². The van der Waals surface area contributed by atoms with Crippen LogP contribution in [0.1, 0.15) is 28.5 Å². The topological polar surface area (TPSA) is 88.6 Å². The van der Waals surface area contributed by atoms with E-state index in [0.29, 0.717) is 32.8 Å². The second kappa shape index (κ2) is 8.59. The van der Waals surface area contributed by atoms with E-state index in [1.165, 1.54) is 19.3 Å². The minimum atomic E-state index is -1.16. The first-order chi connectivity index (χ1) is 13.8. The lowest BCUT2D eigenvalue weighted by Gasteiger charge is -2.07. The predicted octanol–water partition coefficient (Wildman–Crippen LogP) is 5.29. The standard InChI is InChI=1S/C21H17Cl2NO5/c1-3-29-21(27)19-15(18-16(23)8-12(22)9-17(18)24-19)10-14(20(25)26)11-4-6-13(28-2)7-5-11/h4-10,24H,3H2,1-2H3,(H,25,26). The van der Waals surface area contributed by atoms with E-state index in [1.54, 1.807) is 37.3 Å². The highest BCUT2D eigenvalue weighted by Gasteiger charge is 2.22. The van der Waals surface area contributed by atoms with Crippen molar-refractivity contribution in [3.05, 3.63) is 63.3 Å². The molecule has 0 saturated carbocycles. The molecule has 0 aliphatic rings. The number of halogens is 2. The maximum absolute atomic E-state index is 12.5. The summed E-state index contributed by atoms with van der Waals surface area (Å²) in [4.78, 5) is 27.4. The SMILES string of the molecule is CCOC(=O)c1[nH]c2cc(Cl)cc(Cl)c2c1C=C(C(=O)O)c1ccc(OC)cc1. The Morgan fingerprint density at radius 3 is 2.45 bits per heavy atom. The van der Waals surface area contributed by atoms with Gasteiger partial charge in [0.2, 0.25) is 0 Å². The van der Waals surface area contributed by atoms with Crippen LogP contribution in [-0.2, 0) is 9.53 Å². The van der Waals surface area contributed by atoms with Crippen LogP contribution in [0.5, 0.6) is 5.75 Å². The molecule has 0 aliphatic heterocycles. The van der Waals surface area contributed by atoms with Gasteiger partial charge in [0.15, 0.2) is 0 Å². The van der Waals surface area contributed by atoms with E-state index in [0.717, 1.165) is 0 Å². The molecule has 1 aromatic heterocycles. The number of aromatic nitrogens is 1. The van der Waals surface area contributed by atoms with Crippen molar-refractivity contribution in [1.82, 2.24) is 4.98 Å². The van der Waals surface area contributed by atoms with Gasteiger partial charge in [-0.15, -0.1) is 0 Å². The summed E-state index contributed by atoms with van der Waals surface area (Å²) in [6, 6.07) is 9.68. The van der Waals surface area contributed by atoms with E-state index in [9.17, 15) is 14.7 Å². The monoisotopic (exact) mass is 433 g/mol. The van der Waals surface area contributed by atoms with Crippen molar-refractivity contribution in [3.8, 4) is 5.75 Å². The molecule has 3 rings (SSSR count). The molecule has 2 aromatic carbocycles. The van der Waals surface area contributed by atoms with Gasteiger partial charge in [-0.25, -0.2) is 9.59 Å². The summed E-state index contributed by atoms with van der Waals surface area (Å²) in [5, 5.41) is 10.9. The molecule has 0 atom stereocenters. The van der Waals surface area contributed by atoms with E-state index in [2.05, 4.69) is 4.98 Å². The third kappa shape index (κ3) is 4.23. The average Bonchev–Trinajstić information content (AvgIpc) is 3.04. The zero-order chi connectivity index (χ0) is 21.1. The van der Waals surface area contributed by atoms with E-state index in [1.807, 2.05) is 0 Å². The van der Waals surface area contributed by atoms with E-state index in [4.69, 9.17) is 32.7 Å². The zero-order valence-corrected chi connectivity index (χ0v) is 17.1. The first-order valence-electron chi connectivity index (χ1n) is 8.63. The number of carboxylic acid groups (broad SMARTS) is 1. The molecule has 8 heteroatoms. The van der Waals surface area contributed by atoms with Crippen LogP contribution in [0, 0.1) is 0 Å². The minimum Gasteiger partial charge on any atom is -0.497 e. The highest BCUT2D eigenvalue weighted by atomic mass is 35.5. The van der Waals surface area contributed by atoms with Crippen molar-refractivity contribution in [2.75, 3.05) is 13.7 Å². The van der Waals surface area contributed by atoms with E-state index < -0.39 is 11.9 Å². The number of esters is 1. The van der Waals surface area contributed by atoms with Crippen LogP contribution in [0.25, 0.3) is 22.6 Å². The Kier molecular flexibility index (Phi) is 6.15. The van der Waals surface area contributed by atoms with Crippen LogP contribution in [0.15, 0.2) is 36.4 Å². The Bertz CT molecular complexity index is 1120. The fraction of sp³-hybridized carbons (Fsp3) is 0.143. The summed E-state index contributed by atoms with van der Waals surface area (Å²) in [6.07, 6.45) is 1.40. The molecule has 2 N–H and O–H groups in total. The van der Waals surface area contributed by atoms with Gasteiger partial charge in [-0.1, -0.05) is 35.3 Å². The lowest BCUT2D eigenvalue weighted by molar-refractivity contribution is -0.130. The van der Waals surface area contributed by atoms with Gasteiger partial charge in [0.1, 0.15) is 11.4 Å². The van der Waals surface area contributed by atoms with Crippen LogP contribution in [0.2, 0.25) is 10.0 Å². The van der Waals surface area contributed by atoms with Gasteiger partial charge in [-0.3, -0.25) is 0 Å². The van der Waals surface area contributed by atoms with Crippen LogP contribution < -0.4 is 4.74 Å². The van der Waals surface area contributed by atoms with Crippen molar-refractivity contribution < 1.29 is 24.2 Å². The van der Waals surface area contributed by atoms with Gasteiger partial charge in [0, 0.05) is 21.5 Å². The Morgan fingerprint density at radius 2 is 1.86 bits per heavy atom. The van der Waals surface area contributed by atoms with Crippen molar-refractivity contribution >= 4 is 57.7 Å². The molecule has 0 amide bonds. The van der Waals surface area contributed by atoms with E-state index >= 15 is 0 Å². The number of nitrogens with one attached hydrogen (secondary N) is 1. The number of hydrogen-bond acceptors (Lipinski definition) is 4. The molecule has 0 bridgehead atoms. The van der Waals surface area contributed by atoms with Crippen molar-refractivity contribution in [3.63, 3.8) is 0 Å². The Morgan fingerprint density at radius 1 is 1.17 bits per heavy atom. The molecule has 3 aromatic rings. The molecule has 29 heavy (non-hydrogen) atoms. The number of methoxy groups -OCH3 is 1. The maximum atomic E-state index is 12.5. The third-order valence-corrected chi connectivity index (χ3v) is 4.77. The fourth-order valence-electron chi connectivity index (χ4n) is 2.96. The average molecular weight is 434 g/mol. The van der Waals surface area contributed by atoms with Gasteiger partial charge < -0.3 is 19.6 Å². The second-order valence-electron chi connectivity index (χ2n) is 6.04. The lowest BCUT2D eigenvalue weighted by Crippen LogP contribution is -2.07. The number of rotatable bonds is 6. The molecule has 0 radical (unpaired) electrons. The molecule has 0 spiro atoms. The number of H-pyrrole nitrogens is 1. The van der Waals surface area contributed by atoms with Crippen LogP contribution in [0.4, 0.5) is 0 Å². The molecule has 0 unspecified atom stereocenters. The highest BCUT2D eigenvalue weighted by Crippen LogP contribution is 2.35. The molecule has 0 aliphatic carbocycles. The summed E-state index contributed by atoms with van der Waals surface area (Å²) in [5.74, 6) is -1.19. The van der Waals surface area contributed by atoms with E-state index in [-0.39, 0.29) is 22.9 Å². The number of hydrogen-bond donors (Lipinski definition) is 2. The summed E-state index contributed by atoms with van der Waals surface area (Å²) < 4.78 is 10.2. The molecular weight excluding hydrogens is 417 g/mol. The van der Waals surface area contributed by atoms with Crippen molar-refractivity contribution in [1.29, 1.82) is 0 Å². The second-order valence-corrected chi connectivity index (χ2v) is 6.88. The summed E-state index contributed by atoms with van der Waals surface area (Å²) in [7, 11) is 1.52. The van der Waals surface area contributed by atoms with Crippen LogP contribution >= 0.6 is 23.2 Å². The Balaban J connectivity index is 2.27. The van der Waals surface area contributed by atoms with Gasteiger partial charge >= 0.3 is 11.9 Å². The first kappa shape index (κ1) is 20.8. The predicted molar refractivity (Wildman–Crippen MR) is 113 cm³/mol. The quantitative estimate of drug-likeness (QED) is 0.407. The minimum absolute atomic E-state index is 0.0230.